The molecule has 2 aromatic rings. The van der Waals surface area contributed by atoms with Crippen molar-refractivity contribution in [1.82, 2.24) is 5.32 Å². The average molecular weight is 308 g/mol. The van der Waals surface area contributed by atoms with Gasteiger partial charge in [0.05, 0.1) is 10.0 Å². The number of nitrogens with one attached hydrogen (secondary N) is 1. The van der Waals surface area contributed by atoms with E-state index in [0.717, 1.165) is 6.42 Å². The van der Waals surface area contributed by atoms with Crippen LogP contribution in [0.1, 0.15) is 28.3 Å². The van der Waals surface area contributed by atoms with Gasteiger partial charge in [0.2, 0.25) is 0 Å². The molecule has 0 aliphatic carbocycles. The minimum atomic E-state index is 0.269. The minimum absolute atomic E-state index is 0.269. The van der Waals surface area contributed by atoms with E-state index in [9.17, 15) is 0 Å². The summed E-state index contributed by atoms with van der Waals surface area (Å²) in [4.78, 5) is 0. The maximum atomic E-state index is 6.08. The molecule has 0 bridgehead atoms. The Morgan fingerprint density at radius 3 is 2.15 bits per heavy atom. The predicted molar refractivity (Wildman–Crippen MR) is 87.9 cm³/mol. The van der Waals surface area contributed by atoms with Crippen molar-refractivity contribution in [3.05, 3.63) is 68.7 Å². The van der Waals surface area contributed by atoms with Crippen molar-refractivity contribution in [2.24, 2.45) is 0 Å². The first-order valence-electron chi connectivity index (χ1n) is 6.69. The largest absolute Gasteiger partial charge is 0.313 e. The van der Waals surface area contributed by atoms with Gasteiger partial charge in [-0.25, -0.2) is 0 Å². The highest BCUT2D eigenvalue weighted by Crippen LogP contribution is 2.26. The molecule has 0 radical (unpaired) electrons. The molecule has 0 saturated heterocycles. The lowest BCUT2D eigenvalue weighted by Crippen LogP contribution is -2.19. The van der Waals surface area contributed by atoms with Crippen molar-refractivity contribution in [2.45, 2.75) is 26.3 Å². The fraction of sp³-hybridized carbons (Fsp3) is 0.294. The summed E-state index contributed by atoms with van der Waals surface area (Å²) >= 11 is 12.0. The maximum absolute atomic E-state index is 6.08. The second-order valence-corrected chi connectivity index (χ2v) is 6.03. The highest BCUT2D eigenvalue weighted by Gasteiger charge is 2.12. The number of aryl methyl sites for hydroxylation is 2. The van der Waals surface area contributed by atoms with Crippen molar-refractivity contribution in [1.29, 1.82) is 0 Å². The number of rotatable bonds is 4. The van der Waals surface area contributed by atoms with Crippen LogP contribution in [0.4, 0.5) is 0 Å². The monoisotopic (exact) mass is 307 g/mol. The van der Waals surface area contributed by atoms with Crippen LogP contribution in [0.2, 0.25) is 10.0 Å². The molecule has 0 fully saturated rings. The minimum Gasteiger partial charge on any atom is -0.313 e. The predicted octanol–water partition coefficient (Wildman–Crippen LogP) is 5.11. The molecular formula is C17H19Cl2N. The summed E-state index contributed by atoms with van der Waals surface area (Å²) in [5.41, 5.74) is 5.05. The second-order valence-electron chi connectivity index (χ2n) is 5.21. The first kappa shape index (κ1) is 15.4. The Balaban J connectivity index is 2.26. The fourth-order valence-corrected chi connectivity index (χ4v) is 2.82. The molecule has 20 heavy (non-hydrogen) atoms. The van der Waals surface area contributed by atoms with E-state index < -0.39 is 0 Å². The summed E-state index contributed by atoms with van der Waals surface area (Å²) in [6.45, 7) is 4.25. The maximum Gasteiger partial charge on any atom is 0.0595 e. The SMILES string of the molecule is CNC(Cc1ccc(Cl)c(Cl)c1)c1cc(C)cc(C)c1. The number of halogens is 2. The van der Waals surface area contributed by atoms with Gasteiger partial charge in [0.15, 0.2) is 0 Å². The van der Waals surface area contributed by atoms with E-state index in [2.05, 4.69) is 37.4 Å². The van der Waals surface area contributed by atoms with Crippen LogP contribution in [-0.4, -0.2) is 7.05 Å². The van der Waals surface area contributed by atoms with E-state index in [1.165, 1.54) is 22.3 Å². The zero-order valence-corrected chi connectivity index (χ0v) is 13.5. The van der Waals surface area contributed by atoms with Gasteiger partial charge in [-0.2, -0.15) is 0 Å². The van der Waals surface area contributed by atoms with Crippen LogP contribution in [-0.2, 0) is 6.42 Å². The van der Waals surface area contributed by atoms with E-state index in [-0.39, 0.29) is 6.04 Å². The van der Waals surface area contributed by atoms with Crippen LogP contribution in [0.25, 0.3) is 0 Å². The Labute approximate surface area is 130 Å². The summed E-state index contributed by atoms with van der Waals surface area (Å²) in [5, 5.41) is 4.59. The molecule has 0 heterocycles. The Morgan fingerprint density at radius 1 is 0.950 bits per heavy atom. The molecular weight excluding hydrogens is 289 g/mol. The van der Waals surface area contributed by atoms with Gasteiger partial charge in [0.1, 0.15) is 0 Å². The molecule has 1 unspecified atom stereocenters. The van der Waals surface area contributed by atoms with Gasteiger partial charge in [-0.15, -0.1) is 0 Å². The molecule has 2 aromatic carbocycles. The van der Waals surface area contributed by atoms with E-state index in [1.54, 1.807) is 0 Å². The molecule has 1 atom stereocenters. The Bertz CT molecular complexity index is 588. The van der Waals surface area contributed by atoms with Crippen LogP contribution in [0, 0.1) is 13.8 Å². The average Bonchev–Trinajstić information content (AvgIpc) is 2.38. The number of likely N-dealkylation sites (N-methyl/N-ethyl adjacent to an activating group) is 1. The van der Waals surface area contributed by atoms with E-state index in [1.807, 2.05) is 25.2 Å². The van der Waals surface area contributed by atoms with Crippen LogP contribution in [0.3, 0.4) is 0 Å². The van der Waals surface area contributed by atoms with E-state index in [0.29, 0.717) is 10.0 Å². The van der Waals surface area contributed by atoms with Crippen molar-refractivity contribution in [3.8, 4) is 0 Å². The Hall–Kier alpha value is -1.02. The van der Waals surface area contributed by atoms with Crippen LogP contribution in [0.5, 0.6) is 0 Å². The van der Waals surface area contributed by atoms with Crippen LogP contribution >= 0.6 is 23.2 Å². The van der Waals surface area contributed by atoms with E-state index in [4.69, 9.17) is 23.2 Å². The van der Waals surface area contributed by atoms with Crippen molar-refractivity contribution >= 4 is 23.2 Å². The third-order valence-electron chi connectivity index (χ3n) is 3.42. The van der Waals surface area contributed by atoms with E-state index >= 15 is 0 Å². The molecule has 0 saturated carbocycles. The third-order valence-corrected chi connectivity index (χ3v) is 4.16. The fourth-order valence-electron chi connectivity index (χ4n) is 2.50. The summed E-state index contributed by atoms with van der Waals surface area (Å²) in [5.74, 6) is 0. The van der Waals surface area contributed by atoms with Crippen LogP contribution in [0.15, 0.2) is 36.4 Å². The molecule has 106 valence electrons. The van der Waals surface area contributed by atoms with Gasteiger partial charge >= 0.3 is 0 Å². The molecule has 2 rings (SSSR count). The molecule has 0 aromatic heterocycles. The van der Waals surface area contributed by atoms with Gasteiger partial charge < -0.3 is 5.32 Å². The summed E-state index contributed by atoms with van der Waals surface area (Å²) in [6, 6.07) is 12.7. The summed E-state index contributed by atoms with van der Waals surface area (Å²) in [7, 11) is 1.99. The molecule has 0 aliphatic rings. The Kier molecular flexibility index (Phi) is 5.09. The second kappa shape index (κ2) is 6.62. The summed E-state index contributed by atoms with van der Waals surface area (Å²) in [6.07, 6.45) is 0.885. The zero-order valence-electron chi connectivity index (χ0n) is 12.0. The van der Waals surface area contributed by atoms with Crippen molar-refractivity contribution in [2.75, 3.05) is 7.05 Å². The quantitative estimate of drug-likeness (QED) is 0.827. The highest BCUT2D eigenvalue weighted by molar-refractivity contribution is 6.42. The van der Waals surface area contributed by atoms with Gasteiger partial charge in [-0.05, 0) is 50.6 Å². The number of hydrogen-bond acceptors (Lipinski definition) is 1. The van der Waals surface area contributed by atoms with Crippen molar-refractivity contribution < 1.29 is 0 Å². The normalized spacial score (nSPS) is 12.4. The topological polar surface area (TPSA) is 12.0 Å². The highest BCUT2D eigenvalue weighted by atomic mass is 35.5. The van der Waals surface area contributed by atoms with Gasteiger partial charge in [0, 0.05) is 6.04 Å². The summed E-state index contributed by atoms with van der Waals surface area (Å²) < 4.78 is 0. The van der Waals surface area contributed by atoms with Gasteiger partial charge in [0.25, 0.3) is 0 Å². The number of benzene rings is 2. The molecule has 0 aliphatic heterocycles. The number of hydrogen-bond donors (Lipinski definition) is 1. The molecule has 0 amide bonds. The van der Waals surface area contributed by atoms with Gasteiger partial charge in [-0.1, -0.05) is 58.6 Å². The van der Waals surface area contributed by atoms with Crippen LogP contribution < -0.4 is 5.32 Å². The molecule has 0 spiro atoms. The standard InChI is InChI=1S/C17H19Cl2N/c1-11-6-12(2)8-14(7-11)17(20-3)10-13-4-5-15(18)16(19)9-13/h4-9,17,20H,10H2,1-3H3. The Morgan fingerprint density at radius 2 is 1.60 bits per heavy atom. The lowest BCUT2D eigenvalue weighted by Gasteiger charge is -2.18. The first-order valence-corrected chi connectivity index (χ1v) is 7.44. The lowest BCUT2D eigenvalue weighted by molar-refractivity contribution is 0.591. The van der Waals surface area contributed by atoms with Gasteiger partial charge in [-0.3, -0.25) is 0 Å². The van der Waals surface area contributed by atoms with Crippen molar-refractivity contribution in [3.63, 3.8) is 0 Å². The molecule has 1 nitrogen and oxygen atoms in total. The third kappa shape index (κ3) is 3.76. The molecule has 1 N–H and O–H groups in total. The zero-order chi connectivity index (χ0) is 14.7. The first-order chi connectivity index (χ1) is 9.49. The molecule has 3 heteroatoms. The smallest absolute Gasteiger partial charge is 0.0595 e. The lowest BCUT2D eigenvalue weighted by atomic mass is 9.96.